The van der Waals surface area contributed by atoms with Crippen molar-refractivity contribution in [3.63, 3.8) is 0 Å². The molecular formula is C23H23BrN2O3S2. The zero-order valence-corrected chi connectivity index (χ0v) is 20.1. The summed E-state index contributed by atoms with van der Waals surface area (Å²) in [6.07, 6.45) is 1.57. The van der Waals surface area contributed by atoms with E-state index in [1.165, 1.54) is 4.31 Å². The Morgan fingerprint density at radius 3 is 2.29 bits per heavy atom. The molecule has 0 unspecified atom stereocenters. The molecule has 1 aliphatic carbocycles. The van der Waals surface area contributed by atoms with E-state index in [0.29, 0.717) is 13.1 Å². The van der Waals surface area contributed by atoms with Crippen molar-refractivity contribution < 1.29 is 13.2 Å². The fourth-order valence-electron chi connectivity index (χ4n) is 3.37. The summed E-state index contributed by atoms with van der Waals surface area (Å²) in [4.78, 5) is 16.4. The molecule has 0 N–H and O–H groups in total. The standard InChI is InChI=1S/C23H23BrN2O3S2/c24-19-8-12-22(13-9-19)31(28,29)26(20-10-11-20)17-23(27)25(16-21-7-4-14-30-21)15-18-5-2-1-3-6-18/h1-9,12-14,20H,10-11,15-17H2. The minimum atomic E-state index is -3.75. The van der Waals surface area contributed by atoms with Crippen molar-refractivity contribution in [3.05, 3.63) is 87.0 Å². The fraction of sp³-hybridized carbons (Fsp3) is 0.261. The Hall–Kier alpha value is -2.00. The number of sulfonamides is 1. The second kappa shape index (κ2) is 9.65. The van der Waals surface area contributed by atoms with E-state index in [1.807, 2.05) is 47.8 Å². The molecule has 1 aliphatic rings. The maximum atomic E-state index is 13.4. The zero-order valence-electron chi connectivity index (χ0n) is 16.9. The number of nitrogens with zero attached hydrogens (tertiary/aromatic N) is 2. The Labute approximate surface area is 195 Å². The topological polar surface area (TPSA) is 57.7 Å². The van der Waals surface area contributed by atoms with Gasteiger partial charge in [-0.25, -0.2) is 8.42 Å². The van der Waals surface area contributed by atoms with Crippen LogP contribution in [0.1, 0.15) is 23.3 Å². The van der Waals surface area contributed by atoms with Crippen LogP contribution in [0.3, 0.4) is 0 Å². The summed E-state index contributed by atoms with van der Waals surface area (Å²) < 4.78 is 28.8. The van der Waals surface area contributed by atoms with Gasteiger partial charge in [-0.2, -0.15) is 4.31 Å². The Bertz CT molecular complexity index is 1110. The summed E-state index contributed by atoms with van der Waals surface area (Å²) in [6.45, 7) is 0.748. The maximum Gasteiger partial charge on any atom is 0.243 e. The highest BCUT2D eigenvalue weighted by molar-refractivity contribution is 9.10. The summed E-state index contributed by atoms with van der Waals surface area (Å²) in [5.41, 5.74) is 1.01. The van der Waals surface area contributed by atoms with Gasteiger partial charge in [-0.3, -0.25) is 4.79 Å². The molecule has 162 valence electrons. The number of hydrogen-bond donors (Lipinski definition) is 0. The van der Waals surface area contributed by atoms with Crippen LogP contribution in [0.5, 0.6) is 0 Å². The molecule has 0 saturated heterocycles. The van der Waals surface area contributed by atoms with Crippen LogP contribution in [0.25, 0.3) is 0 Å². The third-order valence-electron chi connectivity index (χ3n) is 5.16. The molecule has 1 saturated carbocycles. The normalized spacial score (nSPS) is 14.0. The van der Waals surface area contributed by atoms with E-state index in [-0.39, 0.29) is 23.4 Å². The number of carbonyl (C=O) groups is 1. The van der Waals surface area contributed by atoms with Gasteiger partial charge in [-0.15, -0.1) is 11.3 Å². The molecule has 1 heterocycles. The van der Waals surface area contributed by atoms with E-state index >= 15 is 0 Å². The molecule has 0 spiro atoms. The number of hydrogen-bond acceptors (Lipinski definition) is 4. The van der Waals surface area contributed by atoms with E-state index in [2.05, 4.69) is 15.9 Å². The van der Waals surface area contributed by atoms with Crippen LogP contribution in [0, 0.1) is 0 Å². The van der Waals surface area contributed by atoms with Crippen molar-refractivity contribution in [3.8, 4) is 0 Å². The smallest absolute Gasteiger partial charge is 0.243 e. The molecule has 4 rings (SSSR count). The summed E-state index contributed by atoms with van der Waals surface area (Å²) in [7, 11) is -3.75. The van der Waals surface area contributed by atoms with Crippen LogP contribution in [-0.2, 0) is 27.9 Å². The van der Waals surface area contributed by atoms with Crippen molar-refractivity contribution in [2.75, 3.05) is 6.54 Å². The first-order valence-corrected chi connectivity index (χ1v) is 13.2. The molecule has 0 atom stereocenters. The number of amides is 1. The second-order valence-corrected chi connectivity index (χ2v) is 11.4. The van der Waals surface area contributed by atoms with Gasteiger partial charge in [0.25, 0.3) is 0 Å². The van der Waals surface area contributed by atoms with Crippen LogP contribution in [0.15, 0.2) is 81.5 Å². The van der Waals surface area contributed by atoms with Gasteiger partial charge < -0.3 is 4.90 Å². The highest BCUT2D eigenvalue weighted by Gasteiger charge is 2.40. The van der Waals surface area contributed by atoms with E-state index in [9.17, 15) is 13.2 Å². The number of carbonyl (C=O) groups excluding carboxylic acids is 1. The van der Waals surface area contributed by atoms with Gasteiger partial charge in [0.15, 0.2) is 0 Å². The molecule has 2 aromatic carbocycles. The number of halogens is 1. The highest BCUT2D eigenvalue weighted by Crippen LogP contribution is 2.32. The first-order valence-electron chi connectivity index (χ1n) is 10.0. The molecule has 1 fully saturated rings. The largest absolute Gasteiger partial charge is 0.332 e. The molecule has 8 heteroatoms. The lowest BCUT2D eigenvalue weighted by molar-refractivity contribution is -0.132. The number of rotatable bonds is 9. The number of benzene rings is 2. The van der Waals surface area contributed by atoms with Crippen molar-refractivity contribution in [2.24, 2.45) is 0 Å². The van der Waals surface area contributed by atoms with E-state index in [4.69, 9.17) is 0 Å². The average molecular weight is 519 g/mol. The van der Waals surface area contributed by atoms with Gasteiger partial charge in [0, 0.05) is 21.9 Å². The minimum Gasteiger partial charge on any atom is -0.332 e. The van der Waals surface area contributed by atoms with E-state index < -0.39 is 10.0 Å². The second-order valence-electron chi connectivity index (χ2n) is 7.55. The third kappa shape index (κ3) is 5.63. The quantitative estimate of drug-likeness (QED) is 0.405. The predicted molar refractivity (Wildman–Crippen MR) is 126 cm³/mol. The van der Waals surface area contributed by atoms with Crippen molar-refractivity contribution in [1.29, 1.82) is 0 Å². The minimum absolute atomic E-state index is 0.113. The van der Waals surface area contributed by atoms with Crippen LogP contribution < -0.4 is 0 Å². The lowest BCUT2D eigenvalue weighted by Crippen LogP contribution is -2.43. The first-order chi connectivity index (χ1) is 14.9. The Morgan fingerprint density at radius 2 is 1.68 bits per heavy atom. The molecule has 0 aliphatic heterocycles. The van der Waals surface area contributed by atoms with Crippen molar-refractivity contribution >= 4 is 43.2 Å². The third-order valence-corrected chi connectivity index (χ3v) is 8.46. The van der Waals surface area contributed by atoms with Gasteiger partial charge >= 0.3 is 0 Å². The first kappa shape index (κ1) is 22.2. The molecule has 0 bridgehead atoms. The summed E-state index contributed by atoms with van der Waals surface area (Å²) in [5, 5.41) is 1.98. The average Bonchev–Trinajstić information content (AvgIpc) is 3.47. The van der Waals surface area contributed by atoms with Crippen LogP contribution in [-0.4, -0.2) is 36.1 Å². The van der Waals surface area contributed by atoms with E-state index in [0.717, 1.165) is 27.8 Å². The SMILES string of the molecule is O=C(CN(C1CC1)S(=O)(=O)c1ccc(Br)cc1)N(Cc1ccccc1)Cc1cccs1. The van der Waals surface area contributed by atoms with Gasteiger partial charge in [0.05, 0.1) is 18.0 Å². The summed E-state index contributed by atoms with van der Waals surface area (Å²) in [6, 6.07) is 20.2. The van der Waals surface area contributed by atoms with Gasteiger partial charge in [-0.05, 0) is 54.1 Å². The lowest BCUT2D eigenvalue weighted by Gasteiger charge is -2.27. The molecular weight excluding hydrogens is 496 g/mol. The van der Waals surface area contributed by atoms with Crippen LogP contribution in [0.2, 0.25) is 0 Å². The molecule has 1 aromatic heterocycles. The Balaban J connectivity index is 1.57. The van der Waals surface area contributed by atoms with Gasteiger partial charge in [-0.1, -0.05) is 52.3 Å². The van der Waals surface area contributed by atoms with Gasteiger partial charge in [0.2, 0.25) is 15.9 Å². The lowest BCUT2D eigenvalue weighted by atomic mass is 10.2. The summed E-state index contributed by atoms with van der Waals surface area (Å²) >= 11 is 4.93. The Kier molecular flexibility index (Phi) is 6.91. The molecule has 3 aromatic rings. The van der Waals surface area contributed by atoms with E-state index in [1.54, 1.807) is 40.5 Å². The van der Waals surface area contributed by atoms with Crippen LogP contribution in [0.4, 0.5) is 0 Å². The van der Waals surface area contributed by atoms with Gasteiger partial charge in [0.1, 0.15) is 0 Å². The maximum absolute atomic E-state index is 13.4. The molecule has 0 radical (unpaired) electrons. The molecule has 5 nitrogen and oxygen atoms in total. The van der Waals surface area contributed by atoms with Crippen LogP contribution >= 0.6 is 27.3 Å². The highest BCUT2D eigenvalue weighted by atomic mass is 79.9. The molecule has 31 heavy (non-hydrogen) atoms. The Morgan fingerprint density at radius 1 is 0.968 bits per heavy atom. The van der Waals surface area contributed by atoms with Crippen molar-refractivity contribution in [1.82, 2.24) is 9.21 Å². The summed E-state index contributed by atoms with van der Waals surface area (Å²) in [5.74, 6) is -0.190. The molecule has 1 amide bonds. The predicted octanol–water partition coefficient (Wildman–Crippen LogP) is 4.89. The zero-order chi connectivity index (χ0) is 21.8. The fourth-order valence-corrected chi connectivity index (χ4v) is 5.99. The monoisotopic (exact) mass is 518 g/mol. The van der Waals surface area contributed by atoms with Crippen molar-refractivity contribution in [2.45, 2.75) is 36.9 Å². The number of thiophene rings is 1.